The first kappa shape index (κ1) is 13.1. The van der Waals surface area contributed by atoms with Crippen molar-refractivity contribution in [1.82, 2.24) is 9.78 Å². The Balaban J connectivity index is 1.96. The van der Waals surface area contributed by atoms with Crippen molar-refractivity contribution < 1.29 is 4.39 Å². The summed E-state index contributed by atoms with van der Waals surface area (Å²) in [6.45, 7) is 2.85. The van der Waals surface area contributed by atoms with Crippen LogP contribution in [0.25, 0.3) is 0 Å². The van der Waals surface area contributed by atoms with Crippen LogP contribution in [0.3, 0.4) is 0 Å². The maximum atomic E-state index is 13.4. The van der Waals surface area contributed by atoms with Gasteiger partial charge >= 0.3 is 0 Å². The largest absolute Gasteiger partial charge is 0.323 e. The molecule has 0 fully saturated rings. The van der Waals surface area contributed by atoms with Crippen LogP contribution in [-0.4, -0.2) is 15.5 Å². The second-order valence-corrected chi connectivity index (χ2v) is 5.04. The Hall–Kier alpha value is -1.33. The summed E-state index contributed by atoms with van der Waals surface area (Å²) in [6.07, 6.45) is 3.71. The van der Waals surface area contributed by atoms with Crippen LogP contribution in [0.15, 0.2) is 41.6 Å². The number of aryl methyl sites for hydroxylation is 1. The summed E-state index contributed by atoms with van der Waals surface area (Å²) in [4.78, 5) is 0.635. The lowest BCUT2D eigenvalue weighted by molar-refractivity contribution is 0.601. The molecule has 96 valence electrons. The highest BCUT2D eigenvalue weighted by atomic mass is 32.2. The van der Waals surface area contributed by atoms with Crippen molar-refractivity contribution in [3.8, 4) is 0 Å². The fraction of sp³-hybridized carbons (Fsp3) is 0.308. The normalized spacial score (nSPS) is 12.6. The minimum atomic E-state index is -0.195. The maximum Gasteiger partial charge on any atom is 0.136 e. The number of hydrogen-bond acceptors (Lipinski definition) is 3. The molecule has 5 heteroatoms. The summed E-state index contributed by atoms with van der Waals surface area (Å²) in [5, 5.41) is 4.18. The van der Waals surface area contributed by atoms with Crippen molar-refractivity contribution >= 4 is 11.8 Å². The summed E-state index contributed by atoms with van der Waals surface area (Å²) < 4.78 is 15.3. The van der Waals surface area contributed by atoms with Crippen molar-refractivity contribution in [3.63, 3.8) is 0 Å². The Morgan fingerprint density at radius 1 is 1.44 bits per heavy atom. The topological polar surface area (TPSA) is 43.8 Å². The van der Waals surface area contributed by atoms with E-state index in [9.17, 15) is 4.39 Å². The van der Waals surface area contributed by atoms with E-state index in [-0.39, 0.29) is 11.9 Å². The minimum Gasteiger partial charge on any atom is -0.323 e. The molecule has 2 rings (SSSR count). The third-order valence-electron chi connectivity index (χ3n) is 2.66. The van der Waals surface area contributed by atoms with Crippen molar-refractivity contribution in [2.45, 2.75) is 24.4 Å². The zero-order valence-corrected chi connectivity index (χ0v) is 11.0. The molecule has 0 saturated heterocycles. The van der Waals surface area contributed by atoms with Gasteiger partial charge in [-0.2, -0.15) is 5.10 Å². The monoisotopic (exact) mass is 265 g/mol. The molecule has 2 aromatic rings. The molecule has 0 radical (unpaired) electrons. The first-order valence-electron chi connectivity index (χ1n) is 5.86. The number of nitrogens with two attached hydrogens (primary N) is 1. The Morgan fingerprint density at radius 3 is 2.89 bits per heavy atom. The van der Waals surface area contributed by atoms with E-state index >= 15 is 0 Å². The molecule has 1 heterocycles. The lowest BCUT2D eigenvalue weighted by Crippen LogP contribution is -2.12. The van der Waals surface area contributed by atoms with E-state index in [0.29, 0.717) is 10.6 Å². The van der Waals surface area contributed by atoms with Crippen LogP contribution in [0, 0.1) is 5.82 Å². The second kappa shape index (κ2) is 6.02. The molecule has 0 spiro atoms. The Bertz CT molecular complexity index is 512. The van der Waals surface area contributed by atoms with Gasteiger partial charge in [-0.15, -0.1) is 11.8 Å². The third-order valence-corrected chi connectivity index (χ3v) is 3.83. The number of benzene rings is 1. The summed E-state index contributed by atoms with van der Waals surface area (Å²) in [5.74, 6) is 0.440. The molecule has 0 aliphatic rings. The molecule has 18 heavy (non-hydrogen) atoms. The summed E-state index contributed by atoms with van der Waals surface area (Å²) in [6, 6.07) is 6.61. The molecule has 1 unspecified atom stereocenters. The molecule has 1 atom stereocenters. The lowest BCUT2D eigenvalue weighted by Gasteiger charge is -2.09. The van der Waals surface area contributed by atoms with E-state index < -0.39 is 0 Å². The molecule has 3 nitrogen and oxygen atoms in total. The highest BCUT2D eigenvalue weighted by Gasteiger charge is 2.10. The van der Waals surface area contributed by atoms with Crippen LogP contribution < -0.4 is 5.73 Å². The van der Waals surface area contributed by atoms with Gasteiger partial charge in [0, 0.05) is 35.0 Å². The van der Waals surface area contributed by atoms with Gasteiger partial charge in [-0.1, -0.05) is 12.1 Å². The zero-order chi connectivity index (χ0) is 13.0. The predicted octanol–water partition coefficient (Wildman–Crippen LogP) is 2.83. The molecule has 0 aliphatic heterocycles. The van der Waals surface area contributed by atoms with Crippen molar-refractivity contribution in [2.75, 3.05) is 5.75 Å². The average molecular weight is 265 g/mol. The van der Waals surface area contributed by atoms with E-state index in [0.717, 1.165) is 12.1 Å². The zero-order valence-electron chi connectivity index (χ0n) is 10.2. The smallest absolute Gasteiger partial charge is 0.136 e. The van der Waals surface area contributed by atoms with Crippen molar-refractivity contribution in [1.29, 1.82) is 0 Å². The SMILES string of the molecule is CCn1cc(C(N)CSc2ccccc2F)cn1. The van der Waals surface area contributed by atoms with Crippen LogP contribution in [-0.2, 0) is 6.54 Å². The average Bonchev–Trinajstić information content (AvgIpc) is 2.86. The van der Waals surface area contributed by atoms with Gasteiger partial charge in [0.05, 0.1) is 6.20 Å². The number of rotatable bonds is 5. The fourth-order valence-corrected chi connectivity index (χ4v) is 2.51. The van der Waals surface area contributed by atoms with Crippen molar-refractivity contribution in [3.05, 3.63) is 48.0 Å². The number of hydrogen-bond donors (Lipinski definition) is 1. The fourth-order valence-electron chi connectivity index (χ4n) is 1.58. The van der Waals surface area contributed by atoms with E-state index in [2.05, 4.69) is 5.10 Å². The van der Waals surface area contributed by atoms with Gasteiger partial charge in [-0.25, -0.2) is 4.39 Å². The Kier molecular flexibility index (Phi) is 4.38. The third kappa shape index (κ3) is 3.11. The first-order chi connectivity index (χ1) is 8.70. The molecular weight excluding hydrogens is 249 g/mol. The Labute approximate surface area is 110 Å². The minimum absolute atomic E-state index is 0.130. The molecule has 0 amide bonds. The molecule has 0 saturated carbocycles. The molecule has 2 N–H and O–H groups in total. The van der Waals surface area contributed by atoms with Crippen LogP contribution in [0.4, 0.5) is 4.39 Å². The van der Waals surface area contributed by atoms with E-state index in [1.165, 1.54) is 17.8 Å². The summed E-state index contributed by atoms with van der Waals surface area (Å²) in [7, 11) is 0. The highest BCUT2D eigenvalue weighted by molar-refractivity contribution is 7.99. The van der Waals surface area contributed by atoms with Gasteiger partial charge in [-0.3, -0.25) is 4.68 Å². The van der Waals surface area contributed by atoms with Gasteiger partial charge in [0.25, 0.3) is 0 Å². The standard InChI is InChI=1S/C13H16FN3S/c1-2-17-8-10(7-16-17)12(15)9-18-13-6-4-3-5-11(13)14/h3-8,12H,2,9,15H2,1H3. The summed E-state index contributed by atoms with van der Waals surface area (Å²) >= 11 is 1.43. The number of thioether (sulfide) groups is 1. The van der Waals surface area contributed by atoms with E-state index in [1.807, 2.05) is 23.9 Å². The number of halogens is 1. The van der Waals surface area contributed by atoms with Gasteiger partial charge < -0.3 is 5.73 Å². The van der Waals surface area contributed by atoms with Gasteiger partial charge in [0.2, 0.25) is 0 Å². The number of aromatic nitrogens is 2. The molecular formula is C13H16FN3S. The molecule has 0 bridgehead atoms. The quantitative estimate of drug-likeness (QED) is 0.845. The second-order valence-electron chi connectivity index (χ2n) is 3.98. The van der Waals surface area contributed by atoms with Gasteiger partial charge in [-0.05, 0) is 19.1 Å². The summed E-state index contributed by atoms with van der Waals surface area (Å²) in [5.41, 5.74) is 7.05. The van der Waals surface area contributed by atoms with Crippen LogP contribution in [0.1, 0.15) is 18.5 Å². The predicted molar refractivity (Wildman–Crippen MR) is 72.0 cm³/mol. The van der Waals surface area contributed by atoms with Gasteiger partial charge in [0.1, 0.15) is 5.82 Å². The van der Waals surface area contributed by atoms with E-state index in [4.69, 9.17) is 5.73 Å². The van der Waals surface area contributed by atoms with Crippen molar-refractivity contribution in [2.24, 2.45) is 5.73 Å². The highest BCUT2D eigenvalue weighted by Crippen LogP contribution is 2.25. The first-order valence-corrected chi connectivity index (χ1v) is 6.84. The molecule has 0 aliphatic carbocycles. The van der Waals surface area contributed by atoms with Gasteiger partial charge in [0.15, 0.2) is 0 Å². The lowest BCUT2D eigenvalue weighted by atomic mass is 10.2. The number of nitrogens with zero attached hydrogens (tertiary/aromatic N) is 2. The van der Waals surface area contributed by atoms with E-state index in [1.54, 1.807) is 18.3 Å². The molecule has 1 aromatic carbocycles. The van der Waals surface area contributed by atoms with Crippen LogP contribution in [0.5, 0.6) is 0 Å². The molecule has 1 aromatic heterocycles. The van der Waals surface area contributed by atoms with Crippen LogP contribution in [0.2, 0.25) is 0 Å². The maximum absolute atomic E-state index is 13.4. The van der Waals surface area contributed by atoms with Crippen LogP contribution >= 0.6 is 11.8 Å². The Morgan fingerprint density at radius 2 is 2.22 bits per heavy atom.